The van der Waals surface area contributed by atoms with Crippen LogP contribution in [0.3, 0.4) is 0 Å². The number of nitrogens with zero attached hydrogens (tertiary/aromatic N) is 1. The van der Waals surface area contributed by atoms with Crippen molar-refractivity contribution in [2.75, 3.05) is 34.4 Å². The third-order valence-corrected chi connectivity index (χ3v) is 4.90. The molecular weight excluding hydrogens is 302 g/mol. The average molecular weight is 333 g/mol. The van der Waals surface area contributed by atoms with E-state index in [0.29, 0.717) is 12.0 Å². The maximum absolute atomic E-state index is 5.26. The van der Waals surface area contributed by atoms with Crippen molar-refractivity contribution in [2.24, 2.45) is 10.4 Å². The van der Waals surface area contributed by atoms with Crippen LogP contribution in [0.4, 0.5) is 0 Å². The van der Waals surface area contributed by atoms with E-state index in [1.165, 1.54) is 30.4 Å². The summed E-state index contributed by atoms with van der Waals surface area (Å²) in [5.41, 5.74) is 2.81. The number of rotatable bonds is 9. The minimum atomic E-state index is 0.384. The Bertz CT molecular complexity index is 510. The molecule has 1 saturated carbocycles. The Labute approximate surface area is 145 Å². The predicted octanol–water partition coefficient (Wildman–Crippen LogP) is 2.70. The van der Waals surface area contributed by atoms with Crippen molar-refractivity contribution in [3.63, 3.8) is 0 Å². The highest BCUT2D eigenvalue weighted by atomic mass is 16.5. The molecule has 1 aromatic carbocycles. The molecule has 2 rings (SSSR count). The van der Waals surface area contributed by atoms with Gasteiger partial charge in [-0.25, -0.2) is 0 Å². The molecule has 0 aromatic heterocycles. The summed E-state index contributed by atoms with van der Waals surface area (Å²) in [5.74, 6) is 0.861. The van der Waals surface area contributed by atoms with Gasteiger partial charge in [0.2, 0.25) is 0 Å². The molecule has 0 amide bonds. The van der Waals surface area contributed by atoms with Gasteiger partial charge in [-0.05, 0) is 35.8 Å². The number of ether oxygens (including phenoxy) is 2. The lowest BCUT2D eigenvalue weighted by Gasteiger charge is -2.42. The van der Waals surface area contributed by atoms with Crippen molar-refractivity contribution in [2.45, 2.75) is 38.8 Å². The van der Waals surface area contributed by atoms with Crippen LogP contribution < -0.4 is 10.6 Å². The Morgan fingerprint density at radius 1 is 1.08 bits per heavy atom. The number of hydrogen-bond acceptors (Lipinski definition) is 3. The van der Waals surface area contributed by atoms with Gasteiger partial charge in [0.1, 0.15) is 0 Å². The lowest BCUT2D eigenvalue weighted by atomic mass is 9.67. The summed E-state index contributed by atoms with van der Waals surface area (Å²) < 4.78 is 10.4. The third kappa shape index (κ3) is 5.49. The van der Waals surface area contributed by atoms with Crippen LogP contribution in [-0.4, -0.2) is 40.4 Å². The maximum atomic E-state index is 5.26. The third-order valence-electron chi connectivity index (χ3n) is 4.90. The van der Waals surface area contributed by atoms with E-state index in [-0.39, 0.29) is 0 Å². The second-order valence-corrected chi connectivity index (χ2v) is 6.63. The van der Waals surface area contributed by atoms with E-state index in [2.05, 4.69) is 39.9 Å². The van der Waals surface area contributed by atoms with Gasteiger partial charge in [0.15, 0.2) is 5.96 Å². The topological polar surface area (TPSA) is 54.9 Å². The van der Waals surface area contributed by atoms with Gasteiger partial charge in [0, 0.05) is 41.0 Å². The Morgan fingerprint density at radius 2 is 1.79 bits per heavy atom. The van der Waals surface area contributed by atoms with Gasteiger partial charge in [0.05, 0.1) is 6.61 Å². The molecule has 0 spiro atoms. The van der Waals surface area contributed by atoms with Gasteiger partial charge >= 0.3 is 0 Å². The van der Waals surface area contributed by atoms with Crippen LogP contribution in [0.2, 0.25) is 0 Å². The maximum Gasteiger partial charge on any atom is 0.191 e. The summed E-state index contributed by atoms with van der Waals surface area (Å²) in [4.78, 5) is 4.34. The molecule has 0 bridgehead atoms. The largest absolute Gasteiger partial charge is 0.385 e. The first kappa shape index (κ1) is 18.7. The molecule has 0 aliphatic heterocycles. The first-order valence-electron chi connectivity index (χ1n) is 8.71. The van der Waals surface area contributed by atoms with Crippen molar-refractivity contribution in [1.29, 1.82) is 0 Å². The van der Waals surface area contributed by atoms with Gasteiger partial charge in [-0.3, -0.25) is 4.99 Å². The van der Waals surface area contributed by atoms with E-state index in [0.717, 1.165) is 32.1 Å². The van der Waals surface area contributed by atoms with Crippen LogP contribution >= 0.6 is 0 Å². The molecule has 0 radical (unpaired) electrons. The first-order chi connectivity index (χ1) is 11.7. The summed E-state index contributed by atoms with van der Waals surface area (Å²) in [7, 11) is 5.31. The molecule has 0 atom stereocenters. The highest BCUT2D eigenvalue weighted by Gasteiger charge is 2.36. The van der Waals surface area contributed by atoms with Crippen LogP contribution in [0.1, 0.15) is 36.8 Å². The van der Waals surface area contributed by atoms with Crippen molar-refractivity contribution >= 4 is 5.96 Å². The van der Waals surface area contributed by atoms with E-state index in [1.54, 1.807) is 14.2 Å². The van der Waals surface area contributed by atoms with E-state index < -0.39 is 0 Å². The summed E-state index contributed by atoms with van der Waals surface area (Å²) >= 11 is 0. The summed E-state index contributed by atoms with van der Waals surface area (Å²) in [6, 6.07) is 8.46. The minimum absolute atomic E-state index is 0.384. The van der Waals surface area contributed by atoms with Crippen molar-refractivity contribution in [3.8, 4) is 0 Å². The standard InChI is InChI=1S/C19H31N3O2/c1-20-18(22-15-19(9-4-10-19)11-12-23-2)21-13-16-5-7-17(8-6-16)14-24-3/h5-8H,4,9-15H2,1-3H3,(H2,20,21,22). The molecule has 1 aliphatic carbocycles. The fraction of sp³-hybridized carbons (Fsp3) is 0.632. The highest BCUT2D eigenvalue weighted by Crippen LogP contribution is 2.43. The molecule has 24 heavy (non-hydrogen) atoms. The summed E-state index contributed by atoms with van der Waals surface area (Å²) in [6.45, 7) is 3.21. The molecule has 1 fully saturated rings. The van der Waals surface area contributed by atoms with Gasteiger partial charge < -0.3 is 20.1 Å². The zero-order valence-electron chi connectivity index (χ0n) is 15.2. The molecular formula is C19H31N3O2. The van der Waals surface area contributed by atoms with Gasteiger partial charge in [-0.2, -0.15) is 0 Å². The zero-order chi connectivity index (χ0) is 17.3. The van der Waals surface area contributed by atoms with E-state index in [4.69, 9.17) is 9.47 Å². The Morgan fingerprint density at radius 3 is 2.33 bits per heavy atom. The van der Waals surface area contributed by atoms with E-state index >= 15 is 0 Å². The predicted molar refractivity (Wildman–Crippen MR) is 98.1 cm³/mol. The second-order valence-electron chi connectivity index (χ2n) is 6.63. The molecule has 2 N–H and O–H groups in total. The molecule has 0 unspecified atom stereocenters. The fourth-order valence-electron chi connectivity index (χ4n) is 3.11. The second kappa shape index (κ2) is 9.64. The molecule has 5 heteroatoms. The zero-order valence-corrected chi connectivity index (χ0v) is 15.2. The minimum Gasteiger partial charge on any atom is -0.385 e. The molecule has 0 saturated heterocycles. The number of benzene rings is 1. The Hall–Kier alpha value is -1.59. The van der Waals surface area contributed by atoms with Crippen LogP contribution in [-0.2, 0) is 22.6 Å². The fourth-order valence-corrected chi connectivity index (χ4v) is 3.11. The number of guanidine groups is 1. The average Bonchev–Trinajstić information content (AvgIpc) is 2.57. The van der Waals surface area contributed by atoms with Crippen molar-refractivity contribution in [1.82, 2.24) is 10.6 Å². The number of methoxy groups -OCH3 is 2. The van der Waals surface area contributed by atoms with Crippen LogP contribution in [0.5, 0.6) is 0 Å². The quantitative estimate of drug-likeness (QED) is 0.539. The van der Waals surface area contributed by atoms with Gasteiger partial charge in [0.25, 0.3) is 0 Å². The summed E-state index contributed by atoms with van der Waals surface area (Å²) in [6.07, 6.45) is 5.00. The van der Waals surface area contributed by atoms with Crippen molar-refractivity contribution in [3.05, 3.63) is 35.4 Å². The SMILES string of the molecule is CN=C(NCc1ccc(COC)cc1)NCC1(CCOC)CCC1. The monoisotopic (exact) mass is 333 g/mol. The van der Waals surface area contributed by atoms with Crippen molar-refractivity contribution < 1.29 is 9.47 Å². The van der Waals surface area contributed by atoms with E-state index in [9.17, 15) is 0 Å². The van der Waals surface area contributed by atoms with Gasteiger partial charge in [-0.1, -0.05) is 30.7 Å². The van der Waals surface area contributed by atoms with Crippen LogP contribution in [0.15, 0.2) is 29.3 Å². The van der Waals surface area contributed by atoms with Crippen LogP contribution in [0, 0.1) is 5.41 Å². The number of nitrogens with one attached hydrogen (secondary N) is 2. The number of hydrogen-bond donors (Lipinski definition) is 2. The molecule has 134 valence electrons. The first-order valence-corrected chi connectivity index (χ1v) is 8.71. The summed E-state index contributed by atoms with van der Waals surface area (Å²) in [5, 5.41) is 6.88. The Balaban J connectivity index is 1.77. The lowest BCUT2D eigenvalue weighted by molar-refractivity contribution is 0.0732. The smallest absolute Gasteiger partial charge is 0.191 e. The molecule has 5 nitrogen and oxygen atoms in total. The lowest BCUT2D eigenvalue weighted by Crippen LogP contribution is -2.46. The Kier molecular flexibility index (Phi) is 7.53. The van der Waals surface area contributed by atoms with Crippen LogP contribution in [0.25, 0.3) is 0 Å². The molecule has 0 heterocycles. The molecule has 1 aliphatic rings. The number of aliphatic imine (C=N–C) groups is 1. The highest BCUT2D eigenvalue weighted by molar-refractivity contribution is 5.79. The normalized spacial score (nSPS) is 16.5. The molecule has 1 aromatic rings. The van der Waals surface area contributed by atoms with E-state index in [1.807, 2.05) is 7.05 Å². The van der Waals surface area contributed by atoms with Gasteiger partial charge in [-0.15, -0.1) is 0 Å².